The van der Waals surface area contributed by atoms with Crippen LogP contribution in [0.2, 0.25) is 28.2 Å². The van der Waals surface area contributed by atoms with E-state index in [4.69, 9.17) is 42.1 Å². The molecule has 1 atom stereocenters. The third kappa shape index (κ3) is 9.93. The van der Waals surface area contributed by atoms with Crippen LogP contribution in [0.15, 0.2) is 48.7 Å². The number of carbonyl (C=O) groups excluding carboxylic acids is 1. The summed E-state index contributed by atoms with van der Waals surface area (Å²) in [6, 6.07) is 11.9. The lowest BCUT2D eigenvalue weighted by Gasteiger charge is -2.37. The van der Waals surface area contributed by atoms with Crippen molar-refractivity contribution in [2.24, 2.45) is 5.92 Å². The number of fused-ring (bicyclic) bond motifs is 1. The number of hydrogen-bond acceptors (Lipinski definition) is 10. The van der Waals surface area contributed by atoms with E-state index in [0.717, 1.165) is 19.5 Å². The predicted molar refractivity (Wildman–Crippen MR) is 221 cm³/mol. The summed E-state index contributed by atoms with van der Waals surface area (Å²) in [6.45, 7) is 12.4. The van der Waals surface area contributed by atoms with Crippen LogP contribution in [0.5, 0.6) is 11.6 Å². The molecule has 0 saturated carbocycles. The van der Waals surface area contributed by atoms with Crippen LogP contribution < -0.4 is 14.8 Å². The molecule has 1 saturated heterocycles. The molecule has 16 heteroatoms. The monoisotopic (exact) mass is 842 g/mol. The minimum Gasteiger partial charge on any atom is -0.480 e. The molecule has 0 radical (unpaired) electrons. The van der Waals surface area contributed by atoms with E-state index < -0.39 is 20.8 Å². The number of methoxy groups -OCH3 is 1. The Morgan fingerprint density at radius 3 is 2.46 bits per heavy atom. The molecule has 4 heterocycles. The van der Waals surface area contributed by atoms with Crippen molar-refractivity contribution in [3.05, 3.63) is 81.4 Å². The Labute approximate surface area is 343 Å². The van der Waals surface area contributed by atoms with E-state index in [1.165, 1.54) is 6.07 Å². The average molecular weight is 844 g/mol. The molecule has 0 bridgehead atoms. The van der Waals surface area contributed by atoms with E-state index in [-0.39, 0.29) is 39.7 Å². The van der Waals surface area contributed by atoms with Gasteiger partial charge >= 0.3 is 6.61 Å². The third-order valence-electron chi connectivity index (χ3n) is 11.2. The lowest BCUT2D eigenvalue weighted by atomic mass is 10.0. The van der Waals surface area contributed by atoms with Gasteiger partial charge in [-0.2, -0.15) is 8.78 Å². The van der Waals surface area contributed by atoms with Crippen LogP contribution in [-0.4, -0.2) is 97.2 Å². The van der Waals surface area contributed by atoms with Crippen LogP contribution in [0.3, 0.4) is 0 Å². The zero-order valence-electron chi connectivity index (χ0n) is 33.2. The molecule has 57 heavy (non-hydrogen) atoms. The first-order valence-corrected chi connectivity index (χ1v) is 22.7. The normalized spacial score (nSPS) is 16.5. The SMILES string of the molecule is COc1nc(-c2cccc(-c3cccc(NC(=O)c4cc(OC(F)F)c5c(n4)CN(CCO[Si](C)(C)C(C)(C)C)CC5)c3Cl)c2Cl)cnc1CN1CCC(CO)C1. The minimum absolute atomic E-state index is 0.0695. The van der Waals surface area contributed by atoms with Gasteiger partial charge in [0.2, 0.25) is 5.88 Å². The van der Waals surface area contributed by atoms with Crippen molar-refractivity contribution in [2.75, 3.05) is 51.8 Å². The highest BCUT2D eigenvalue weighted by Gasteiger charge is 2.37. The number of benzene rings is 2. The minimum atomic E-state index is -3.07. The van der Waals surface area contributed by atoms with Crippen LogP contribution >= 0.6 is 23.2 Å². The Bertz CT molecular complexity index is 2090. The Balaban J connectivity index is 1.21. The number of halogens is 4. The fourth-order valence-electron chi connectivity index (χ4n) is 6.89. The molecule has 4 aromatic rings. The second-order valence-corrected chi connectivity index (χ2v) is 21.6. The summed E-state index contributed by atoms with van der Waals surface area (Å²) in [7, 11) is -0.404. The zero-order valence-corrected chi connectivity index (χ0v) is 35.7. The van der Waals surface area contributed by atoms with Crippen LogP contribution in [0, 0.1) is 5.92 Å². The molecule has 1 amide bonds. The number of rotatable bonds is 14. The first kappa shape index (κ1) is 42.8. The molecule has 2 aromatic heterocycles. The number of carbonyl (C=O) groups is 1. The first-order valence-electron chi connectivity index (χ1n) is 19.0. The quantitative estimate of drug-likeness (QED) is 0.120. The number of aliphatic hydroxyl groups excluding tert-OH is 1. The van der Waals surface area contributed by atoms with Crippen molar-refractivity contribution in [1.82, 2.24) is 24.8 Å². The number of alkyl halides is 2. The van der Waals surface area contributed by atoms with E-state index in [2.05, 4.69) is 58.9 Å². The van der Waals surface area contributed by atoms with E-state index in [0.29, 0.717) is 89.4 Å². The summed E-state index contributed by atoms with van der Waals surface area (Å²) in [6.07, 6.45) is 3.02. The Morgan fingerprint density at radius 2 is 1.77 bits per heavy atom. The van der Waals surface area contributed by atoms with Gasteiger partial charge in [-0.05, 0) is 49.5 Å². The number of nitrogens with one attached hydrogen (secondary N) is 1. The highest BCUT2D eigenvalue weighted by Crippen LogP contribution is 2.42. The van der Waals surface area contributed by atoms with Crippen LogP contribution in [0.4, 0.5) is 14.5 Å². The number of amides is 1. The molecular formula is C41H50Cl2F2N6O5Si. The maximum atomic E-state index is 13.8. The second kappa shape index (κ2) is 18.0. The average Bonchev–Trinajstić information content (AvgIpc) is 3.63. The van der Waals surface area contributed by atoms with Crippen molar-refractivity contribution in [2.45, 2.75) is 71.4 Å². The molecule has 1 fully saturated rings. The third-order valence-corrected chi connectivity index (χ3v) is 16.5. The lowest BCUT2D eigenvalue weighted by Crippen LogP contribution is -2.43. The van der Waals surface area contributed by atoms with Gasteiger partial charge < -0.3 is 24.3 Å². The van der Waals surface area contributed by atoms with Gasteiger partial charge in [0.1, 0.15) is 17.1 Å². The smallest absolute Gasteiger partial charge is 0.387 e. The Hall–Kier alpha value is -3.76. The summed E-state index contributed by atoms with van der Waals surface area (Å²) in [4.78, 5) is 32.2. The summed E-state index contributed by atoms with van der Waals surface area (Å²) in [5.41, 5.74) is 4.16. The molecular weight excluding hydrogens is 793 g/mol. The fourth-order valence-corrected chi connectivity index (χ4v) is 8.52. The highest BCUT2D eigenvalue weighted by atomic mass is 35.5. The maximum absolute atomic E-state index is 13.8. The molecule has 2 aliphatic heterocycles. The lowest BCUT2D eigenvalue weighted by molar-refractivity contribution is -0.0508. The van der Waals surface area contributed by atoms with Crippen LogP contribution in [0.25, 0.3) is 22.4 Å². The highest BCUT2D eigenvalue weighted by molar-refractivity contribution is 6.74. The number of pyridine rings is 1. The van der Waals surface area contributed by atoms with Gasteiger partial charge in [0.15, 0.2) is 8.32 Å². The molecule has 2 N–H and O–H groups in total. The van der Waals surface area contributed by atoms with Crippen molar-refractivity contribution >= 4 is 43.1 Å². The van der Waals surface area contributed by atoms with Crippen molar-refractivity contribution < 1.29 is 32.6 Å². The van der Waals surface area contributed by atoms with E-state index >= 15 is 0 Å². The number of hydrogen-bond donors (Lipinski definition) is 2. The first-order chi connectivity index (χ1) is 27.1. The maximum Gasteiger partial charge on any atom is 0.387 e. The van der Waals surface area contributed by atoms with Crippen LogP contribution in [-0.2, 0) is 23.9 Å². The van der Waals surface area contributed by atoms with E-state index in [1.807, 2.05) is 18.2 Å². The number of ether oxygens (including phenoxy) is 2. The van der Waals surface area contributed by atoms with Gasteiger partial charge in [0, 0.05) is 74.3 Å². The van der Waals surface area contributed by atoms with Crippen molar-refractivity contribution in [3.63, 3.8) is 0 Å². The van der Waals surface area contributed by atoms with Crippen LogP contribution in [0.1, 0.15) is 54.6 Å². The number of aromatic nitrogens is 3. The van der Waals surface area contributed by atoms with Crippen molar-refractivity contribution in [1.29, 1.82) is 0 Å². The molecule has 6 rings (SSSR count). The number of anilines is 1. The van der Waals surface area contributed by atoms with E-state index in [1.54, 1.807) is 31.5 Å². The second-order valence-electron chi connectivity index (χ2n) is 16.0. The number of aliphatic hydroxyl groups is 1. The summed E-state index contributed by atoms with van der Waals surface area (Å²) >= 11 is 14.0. The van der Waals surface area contributed by atoms with Gasteiger partial charge in [-0.3, -0.25) is 19.6 Å². The van der Waals surface area contributed by atoms with Gasteiger partial charge in [0.05, 0.1) is 40.4 Å². The fraction of sp³-hybridized carbons (Fsp3) is 0.463. The molecule has 0 aliphatic carbocycles. The van der Waals surface area contributed by atoms with Gasteiger partial charge in [0.25, 0.3) is 5.91 Å². The predicted octanol–water partition coefficient (Wildman–Crippen LogP) is 8.57. The van der Waals surface area contributed by atoms with Gasteiger partial charge in [-0.25, -0.2) is 9.97 Å². The molecule has 0 spiro atoms. The molecule has 2 aliphatic rings. The largest absolute Gasteiger partial charge is 0.480 e. The summed E-state index contributed by atoms with van der Waals surface area (Å²) < 4.78 is 44.1. The van der Waals surface area contributed by atoms with E-state index in [9.17, 15) is 18.7 Å². The number of likely N-dealkylation sites (tertiary alicyclic amines) is 1. The topological polar surface area (TPSA) is 122 Å². The summed E-state index contributed by atoms with van der Waals surface area (Å²) in [5, 5.41) is 13.0. The van der Waals surface area contributed by atoms with Gasteiger partial charge in [-0.1, -0.05) is 74.3 Å². The molecule has 2 aromatic carbocycles. The number of nitrogens with zero attached hydrogens (tertiary/aromatic N) is 5. The molecule has 306 valence electrons. The Kier molecular flexibility index (Phi) is 13.5. The molecule has 11 nitrogen and oxygen atoms in total. The van der Waals surface area contributed by atoms with Gasteiger partial charge in [-0.15, -0.1) is 0 Å². The summed E-state index contributed by atoms with van der Waals surface area (Å²) in [5.74, 6) is -0.0815. The standard InChI is InChI=1S/C41H50Cl2F2N6O5Si/c1-41(2,3)57(5,6)55-18-17-50-16-14-28-33(22-50)47-31(19-35(28)56-40(44)45)38(53)48-30-12-8-10-27(37(30)43)26-9-7-11-29(36(26)42)32-20-46-34(39(49-32)54-4)23-51-15-13-25(21-51)24-52/h7-12,19-20,25,40,52H,13-18,21-24H2,1-6H3,(H,48,53). The Morgan fingerprint density at radius 1 is 1.05 bits per heavy atom. The zero-order chi connectivity index (χ0) is 41.1. The molecule has 1 unspecified atom stereocenters. The van der Waals surface area contributed by atoms with Crippen molar-refractivity contribution in [3.8, 4) is 34.0 Å².